The van der Waals surface area contributed by atoms with E-state index in [1.165, 1.54) is 0 Å². The van der Waals surface area contributed by atoms with Crippen LogP contribution >= 0.6 is 11.3 Å². The van der Waals surface area contributed by atoms with Crippen LogP contribution in [0.3, 0.4) is 0 Å². The summed E-state index contributed by atoms with van der Waals surface area (Å²) in [6, 6.07) is 7.90. The molecule has 0 aliphatic heterocycles. The van der Waals surface area contributed by atoms with E-state index in [9.17, 15) is 0 Å². The number of nitrogens with zero attached hydrogens (tertiary/aromatic N) is 7. The van der Waals surface area contributed by atoms with E-state index in [-0.39, 0.29) is 0 Å². The van der Waals surface area contributed by atoms with Gasteiger partial charge in [-0.15, -0.1) is 11.3 Å². The van der Waals surface area contributed by atoms with Crippen molar-refractivity contribution in [1.29, 1.82) is 0 Å². The monoisotopic (exact) mass is 393 g/mol. The second-order valence-corrected chi connectivity index (χ2v) is 7.80. The molecule has 0 unspecified atom stereocenters. The van der Waals surface area contributed by atoms with Crippen LogP contribution in [0.15, 0.2) is 48.2 Å². The van der Waals surface area contributed by atoms with Crippen molar-refractivity contribution in [3.05, 3.63) is 54.1 Å². The van der Waals surface area contributed by atoms with Gasteiger partial charge in [0.25, 0.3) is 0 Å². The number of thiophene rings is 1. The highest BCUT2D eigenvalue weighted by atomic mass is 32.1. The Labute approximate surface area is 168 Å². The highest BCUT2D eigenvalue weighted by Gasteiger charge is 2.18. The fraction of sp³-hybridized carbons (Fsp3) is 0.300. The predicted octanol–water partition coefficient (Wildman–Crippen LogP) is 3.06. The van der Waals surface area contributed by atoms with Crippen molar-refractivity contribution in [2.75, 3.05) is 32.1 Å². The van der Waals surface area contributed by atoms with Crippen LogP contribution in [0.5, 0.6) is 0 Å². The highest BCUT2D eigenvalue weighted by Crippen LogP contribution is 2.31. The average molecular weight is 394 g/mol. The molecule has 4 aromatic rings. The van der Waals surface area contributed by atoms with E-state index in [4.69, 9.17) is 9.97 Å². The molecule has 0 bridgehead atoms. The van der Waals surface area contributed by atoms with Gasteiger partial charge in [0.2, 0.25) is 0 Å². The predicted molar refractivity (Wildman–Crippen MR) is 113 cm³/mol. The largest absolute Gasteiger partial charge is 0.347 e. The number of pyridine rings is 1. The van der Waals surface area contributed by atoms with Gasteiger partial charge in [-0.05, 0) is 37.7 Å². The van der Waals surface area contributed by atoms with E-state index < -0.39 is 0 Å². The summed E-state index contributed by atoms with van der Waals surface area (Å²) in [7, 11) is 6.18. The van der Waals surface area contributed by atoms with Crippen molar-refractivity contribution < 1.29 is 0 Å². The van der Waals surface area contributed by atoms with Gasteiger partial charge in [-0.1, -0.05) is 6.07 Å². The molecule has 0 saturated carbocycles. The van der Waals surface area contributed by atoms with Crippen LogP contribution in [0, 0.1) is 0 Å². The standard InChI is InChI=1S/C20H23N7S/c1-25(2)11-12-27(14-17-22-9-10-26(17)3)19-15-7-13-28-20(15)24-18(23-19)16-6-4-5-8-21-16/h4-10,13H,11-12,14H2,1-3H3. The molecule has 144 valence electrons. The molecule has 0 N–H and O–H groups in total. The zero-order valence-electron chi connectivity index (χ0n) is 16.3. The number of aromatic nitrogens is 5. The highest BCUT2D eigenvalue weighted by molar-refractivity contribution is 7.16. The van der Waals surface area contributed by atoms with Crippen molar-refractivity contribution in [2.45, 2.75) is 6.54 Å². The molecule has 4 aromatic heterocycles. The van der Waals surface area contributed by atoms with Crippen molar-refractivity contribution in [3.63, 3.8) is 0 Å². The minimum atomic E-state index is 0.653. The van der Waals surface area contributed by atoms with Gasteiger partial charge in [-0.2, -0.15) is 0 Å². The second-order valence-electron chi connectivity index (χ2n) is 6.90. The van der Waals surface area contributed by atoms with Crippen LogP contribution in [0.25, 0.3) is 21.7 Å². The Morgan fingerprint density at radius 1 is 1.04 bits per heavy atom. The van der Waals surface area contributed by atoms with E-state index in [1.807, 2.05) is 42.2 Å². The molecule has 0 amide bonds. The third-order valence-electron chi connectivity index (χ3n) is 4.57. The molecule has 28 heavy (non-hydrogen) atoms. The summed E-state index contributed by atoms with van der Waals surface area (Å²) in [6.07, 6.45) is 5.58. The van der Waals surface area contributed by atoms with Gasteiger partial charge in [0.1, 0.15) is 22.2 Å². The van der Waals surface area contributed by atoms with E-state index in [1.54, 1.807) is 17.5 Å². The summed E-state index contributed by atoms with van der Waals surface area (Å²) in [5, 5.41) is 3.13. The summed E-state index contributed by atoms with van der Waals surface area (Å²) in [4.78, 5) is 24.1. The number of hydrogen-bond acceptors (Lipinski definition) is 7. The van der Waals surface area contributed by atoms with Gasteiger partial charge in [0.15, 0.2) is 5.82 Å². The summed E-state index contributed by atoms with van der Waals surface area (Å²) in [5.74, 6) is 2.58. The van der Waals surface area contributed by atoms with E-state index in [0.29, 0.717) is 12.4 Å². The van der Waals surface area contributed by atoms with E-state index in [0.717, 1.165) is 40.6 Å². The summed E-state index contributed by atoms with van der Waals surface area (Å²) < 4.78 is 2.05. The fourth-order valence-corrected chi connectivity index (χ4v) is 3.75. The van der Waals surface area contributed by atoms with Crippen molar-refractivity contribution in [1.82, 2.24) is 29.4 Å². The summed E-state index contributed by atoms with van der Waals surface area (Å²) in [5.41, 5.74) is 0.781. The smallest absolute Gasteiger partial charge is 0.181 e. The molecule has 0 radical (unpaired) electrons. The minimum Gasteiger partial charge on any atom is -0.347 e. The lowest BCUT2D eigenvalue weighted by Crippen LogP contribution is -2.33. The lowest BCUT2D eigenvalue weighted by molar-refractivity contribution is 0.411. The lowest BCUT2D eigenvalue weighted by atomic mass is 10.3. The maximum atomic E-state index is 4.94. The molecule has 0 aromatic carbocycles. The Hall–Kier alpha value is -2.84. The van der Waals surface area contributed by atoms with Gasteiger partial charge in [-0.25, -0.2) is 15.0 Å². The molecule has 4 heterocycles. The number of hydrogen-bond donors (Lipinski definition) is 0. The third-order valence-corrected chi connectivity index (χ3v) is 5.38. The summed E-state index contributed by atoms with van der Waals surface area (Å²) in [6.45, 7) is 2.43. The molecule has 0 atom stereocenters. The van der Waals surface area contributed by atoms with Gasteiger partial charge >= 0.3 is 0 Å². The SMILES string of the molecule is CN(C)CCN(Cc1nccn1C)c1nc(-c2ccccn2)nc2sccc12. The topological polar surface area (TPSA) is 63.0 Å². The first-order valence-corrected chi connectivity index (χ1v) is 10.0. The maximum Gasteiger partial charge on any atom is 0.181 e. The molecule has 0 fully saturated rings. The number of imidazole rings is 1. The molecule has 4 rings (SSSR count). The number of anilines is 1. The maximum absolute atomic E-state index is 4.94. The third kappa shape index (κ3) is 3.88. The summed E-state index contributed by atoms with van der Waals surface area (Å²) >= 11 is 1.63. The number of likely N-dealkylation sites (N-methyl/N-ethyl adjacent to an activating group) is 1. The molecular weight excluding hydrogens is 370 g/mol. The van der Waals surface area contributed by atoms with Crippen LogP contribution in [0.2, 0.25) is 0 Å². The van der Waals surface area contributed by atoms with Crippen LogP contribution in [-0.4, -0.2) is 56.6 Å². The first-order valence-electron chi connectivity index (χ1n) is 9.14. The van der Waals surface area contributed by atoms with Crippen molar-refractivity contribution in [3.8, 4) is 11.5 Å². The normalized spacial score (nSPS) is 11.4. The quantitative estimate of drug-likeness (QED) is 0.481. The second kappa shape index (κ2) is 8.04. The molecular formula is C20H23N7S. The van der Waals surface area contributed by atoms with Crippen molar-refractivity contribution in [2.24, 2.45) is 7.05 Å². The molecule has 0 aliphatic rings. The van der Waals surface area contributed by atoms with Crippen molar-refractivity contribution >= 4 is 27.4 Å². The van der Waals surface area contributed by atoms with Crippen LogP contribution in [0.1, 0.15) is 5.82 Å². The fourth-order valence-electron chi connectivity index (χ4n) is 2.99. The molecule has 0 aliphatic carbocycles. The molecule has 0 spiro atoms. The Morgan fingerprint density at radius 2 is 1.93 bits per heavy atom. The zero-order valence-corrected chi connectivity index (χ0v) is 17.1. The average Bonchev–Trinajstić information content (AvgIpc) is 3.33. The number of aryl methyl sites for hydroxylation is 1. The van der Waals surface area contributed by atoms with Crippen LogP contribution in [-0.2, 0) is 13.6 Å². The molecule has 0 saturated heterocycles. The first kappa shape index (κ1) is 18.5. The minimum absolute atomic E-state index is 0.653. The van der Waals surface area contributed by atoms with E-state index in [2.05, 4.69) is 45.3 Å². The Bertz CT molecular complexity index is 1050. The van der Waals surface area contributed by atoms with E-state index >= 15 is 0 Å². The Morgan fingerprint density at radius 3 is 2.64 bits per heavy atom. The van der Waals surface area contributed by atoms with Gasteiger partial charge in [0.05, 0.1) is 11.9 Å². The van der Waals surface area contributed by atoms with Gasteiger partial charge in [-0.3, -0.25) is 4.98 Å². The molecule has 7 nitrogen and oxygen atoms in total. The lowest BCUT2D eigenvalue weighted by Gasteiger charge is -2.26. The molecule has 8 heteroatoms. The number of fused-ring (bicyclic) bond motifs is 1. The number of rotatable bonds is 7. The van der Waals surface area contributed by atoms with Gasteiger partial charge in [0, 0.05) is 38.7 Å². The van der Waals surface area contributed by atoms with Crippen LogP contribution < -0.4 is 4.90 Å². The van der Waals surface area contributed by atoms with Gasteiger partial charge < -0.3 is 14.4 Å². The van der Waals surface area contributed by atoms with Crippen LogP contribution in [0.4, 0.5) is 5.82 Å². The zero-order chi connectivity index (χ0) is 19.5. The Balaban J connectivity index is 1.79. The Kier molecular flexibility index (Phi) is 5.31. The first-order chi connectivity index (χ1) is 13.6.